The van der Waals surface area contributed by atoms with E-state index in [9.17, 15) is 14.7 Å². The van der Waals surface area contributed by atoms with Crippen LogP contribution in [0.5, 0.6) is 0 Å². The molecule has 0 bridgehead atoms. The number of nitrogens with one attached hydrogen (secondary N) is 1. The first-order chi connectivity index (χ1) is 11.9. The lowest BCUT2D eigenvalue weighted by molar-refractivity contribution is -0.134. The SMILES string of the molecule is CS[C@H](CO)[C@@H](C)NC(=O)C(C)(C)[C@@H]1CCCN(C(=O)OC(C)(C)C)C1. The quantitative estimate of drug-likeness (QED) is 0.731. The number of hydrogen-bond acceptors (Lipinski definition) is 5. The summed E-state index contributed by atoms with van der Waals surface area (Å²) in [5.74, 6) is 0.0337. The zero-order valence-electron chi connectivity index (χ0n) is 17.3. The Kier molecular flexibility index (Phi) is 8.27. The Morgan fingerprint density at radius 3 is 2.42 bits per heavy atom. The van der Waals surface area contributed by atoms with E-state index in [0.717, 1.165) is 12.8 Å². The number of aliphatic hydroxyl groups is 1. The van der Waals surface area contributed by atoms with Crippen molar-refractivity contribution in [3.63, 3.8) is 0 Å². The van der Waals surface area contributed by atoms with Gasteiger partial charge in [-0.25, -0.2) is 4.79 Å². The molecule has 1 aliphatic heterocycles. The number of thioether (sulfide) groups is 1. The number of rotatable bonds is 6. The van der Waals surface area contributed by atoms with Crippen molar-refractivity contribution < 1.29 is 19.4 Å². The van der Waals surface area contributed by atoms with Gasteiger partial charge in [0.1, 0.15) is 5.60 Å². The van der Waals surface area contributed by atoms with E-state index in [2.05, 4.69) is 5.32 Å². The maximum absolute atomic E-state index is 12.9. The highest BCUT2D eigenvalue weighted by molar-refractivity contribution is 7.99. The van der Waals surface area contributed by atoms with Crippen LogP contribution in [0.15, 0.2) is 0 Å². The molecule has 152 valence electrons. The van der Waals surface area contributed by atoms with Crippen molar-refractivity contribution in [1.82, 2.24) is 10.2 Å². The topological polar surface area (TPSA) is 78.9 Å². The molecular formula is C19H36N2O4S. The molecule has 1 fully saturated rings. The van der Waals surface area contributed by atoms with Crippen molar-refractivity contribution in [2.45, 2.75) is 71.3 Å². The fourth-order valence-electron chi connectivity index (χ4n) is 3.17. The number of hydrogen-bond donors (Lipinski definition) is 2. The number of carbonyl (C=O) groups excluding carboxylic acids is 2. The second-order valence-electron chi connectivity index (χ2n) is 8.71. The van der Waals surface area contributed by atoms with Gasteiger partial charge in [0.15, 0.2) is 0 Å². The van der Waals surface area contributed by atoms with Crippen LogP contribution in [-0.2, 0) is 9.53 Å². The molecule has 2 N–H and O–H groups in total. The smallest absolute Gasteiger partial charge is 0.410 e. The molecule has 1 heterocycles. The molecule has 0 aromatic heterocycles. The van der Waals surface area contributed by atoms with Gasteiger partial charge in [-0.05, 0) is 52.7 Å². The molecule has 1 saturated heterocycles. The average Bonchev–Trinajstić information content (AvgIpc) is 2.54. The second kappa shape index (κ2) is 9.31. The van der Waals surface area contributed by atoms with Gasteiger partial charge < -0.3 is 20.1 Å². The molecule has 2 amide bonds. The lowest BCUT2D eigenvalue weighted by Gasteiger charge is -2.41. The van der Waals surface area contributed by atoms with E-state index >= 15 is 0 Å². The Bertz CT molecular complexity index is 486. The molecule has 6 nitrogen and oxygen atoms in total. The summed E-state index contributed by atoms with van der Waals surface area (Å²) < 4.78 is 5.48. The Balaban J connectivity index is 2.75. The second-order valence-corrected chi connectivity index (χ2v) is 9.78. The minimum Gasteiger partial charge on any atom is -0.444 e. The number of likely N-dealkylation sites (tertiary alicyclic amines) is 1. The van der Waals surface area contributed by atoms with E-state index in [1.54, 1.807) is 16.7 Å². The van der Waals surface area contributed by atoms with Gasteiger partial charge in [-0.1, -0.05) is 13.8 Å². The fraction of sp³-hybridized carbons (Fsp3) is 0.895. The molecule has 0 unspecified atom stereocenters. The van der Waals surface area contributed by atoms with Crippen LogP contribution >= 0.6 is 11.8 Å². The molecule has 1 rings (SSSR count). The number of aliphatic hydroxyl groups excluding tert-OH is 1. The maximum Gasteiger partial charge on any atom is 0.410 e. The van der Waals surface area contributed by atoms with Crippen LogP contribution < -0.4 is 5.32 Å². The van der Waals surface area contributed by atoms with Crippen LogP contribution in [0.1, 0.15) is 54.4 Å². The minimum atomic E-state index is -0.604. The van der Waals surface area contributed by atoms with E-state index in [-0.39, 0.29) is 35.8 Å². The summed E-state index contributed by atoms with van der Waals surface area (Å²) in [7, 11) is 0. The summed E-state index contributed by atoms with van der Waals surface area (Å²) in [4.78, 5) is 27.0. The summed E-state index contributed by atoms with van der Waals surface area (Å²) in [5.41, 5.74) is -1.13. The predicted molar refractivity (Wildman–Crippen MR) is 106 cm³/mol. The van der Waals surface area contributed by atoms with Crippen molar-refractivity contribution in [2.24, 2.45) is 11.3 Å². The van der Waals surface area contributed by atoms with Crippen molar-refractivity contribution in [3.8, 4) is 0 Å². The number of nitrogens with zero attached hydrogens (tertiary/aromatic N) is 1. The zero-order chi connectivity index (χ0) is 20.1. The standard InChI is InChI=1S/C19H36N2O4S/c1-13(15(12-22)26-7)20-16(23)19(5,6)14-9-8-10-21(11-14)17(24)25-18(2,3)4/h13-15,22H,8-12H2,1-7H3,(H,20,23)/t13-,14-,15-/m1/s1. The number of piperidine rings is 1. The Labute approximate surface area is 162 Å². The summed E-state index contributed by atoms with van der Waals surface area (Å²) in [6.45, 7) is 12.6. The van der Waals surface area contributed by atoms with Crippen molar-refractivity contribution in [1.29, 1.82) is 0 Å². The molecule has 0 saturated carbocycles. The third-order valence-corrected chi connectivity index (χ3v) is 6.24. The molecule has 0 aliphatic carbocycles. The van der Waals surface area contributed by atoms with Crippen LogP contribution in [-0.4, -0.2) is 64.9 Å². The molecule has 1 aliphatic rings. The Morgan fingerprint density at radius 2 is 1.92 bits per heavy atom. The molecule has 26 heavy (non-hydrogen) atoms. The number of ether oxygens (including phenoxy) is 1. The predicted octanol–water partition coefficient (Wildman–Crippen LogP) is 2.89. The van der Waals surface area contributed by atoms with Gasteiger partial charge in [-0.2, -0.15) is 11.8 Å². The van der Waals surface area contributed by atoms with Gasteiger partial charge in [0.25, 0.3) is 0 Å². The Morgan fingerprint density at radius 1 is 1.31 bits per heavy atom. The first-order valence-electron chi connectivity index (χ1n) is 9.35. The van der Waals surface area contributed by atoms with E-state index < -0.39 is 11.0 Å². The largest absolute Gasteiger partial charge is 0.444 e. The van der Waals surface area contributed by atoms with Crippen molar-refractivity contribution >= 4 is 23.8 Å². The van der Waals surface area contributed by atoms with Crippen LogP contribution in [0, 0.1) is 11.3 Å². The highest BCUT2D eigenvalue weighted by Crippen LogP contribution is 2.35. The van der Waals surface area contributed by atoms with Crippen LogP contribution in [0.2, 0.25) is 0 Å². The van der Waals surface area contributed by atoms with Crippen molar-refractivity contribution in [2.75, 3.05) is 26.0 Å². The molecule has 0 spiro atoms. The summed E-state index contributed by atoms with van der Waals surface area (Å²) >= 11 is 1.54. The van der Waals surface area contributed by atoms with Crippen LogP contribution in [0.3, 0.4) is 0 Å². The zero-order valence-corrected chi connectivity index (χ0v) is 18.1. The molecule has 0 aromatic rings. The first kappa shape index (κ1) is 23.1. The van der Waals surface area contributed by atoms with Gasteiger partial charge in [-0.15, -0.1) is 0 Å². The normalized spacial score (nSPS) is 21.1. The van der Waals surface area contributed by atoms with Crippen LogP contribution in [0.25, 0.3) is 0 Å². The van der Waals surface area contributed by atoms with Gasteiger partial charge in [-0.3, -0.25) is 4.79 Å². The highest BCUT2D eigenvalue weighted by Gasteiger charge is 2.41. The van der Waals surface area contributed by atoms with Crippen molar-refractivity contribution in [3.05, 3.63) is 0 Å². The molecule has 3 atom stereocenters. The summed E-state index contributed by atoms with van der Waals surface area (Å²) in [6.07, 6.45) is 3.38. The minimum absolute atomic E-state index is 0.0267. The lowest BCUT2D eigenvalue weighted by Crippen LogP contribution is -2.53. The first-order valence-corrected chi connectivity index (χ1v) is 10.6. The Hall–Kier alpha value is -0.950. The highest BCUT2D eigenvalue weighted by atomic mass is 32.2. The average molecular weight is 389 g/mol. The summed E-state index contributed by atoms with van der Waals surface area (Å²) in [5, 5.41) is 12.4. The fourth-order valence-corrected chi connectivity index (χ4v) is 3.79. The van der Waals surface area contributed by atoms with E-state index in [1.807, 2.05) is 47.8 Å². The third-order valence-electron chi connectivity index (χ3n) is 5.08. The molecular weight excluding hydrogens is 352 g/mol. The maximum atomic E-state index is 12.9. The number of carbonyl (C=O) groups is 2. The van der Waals surface area contributed by atoms with E-state index in [0.29, 0.717) is 13.1 Å². The van der Waals surface area contributed by atoms with Gasteiger partial charge in [0.2, 0.25) is 5.91 Å². The lowest BCUT2D eigenvalue weighted by atomic mass is 9.73. The molecule has 0 aromatic carbocycles. The van der Waals surface area contributed by atoms with Gasteiger partial charge in [0, 0.05) is 29.8 Å². The molecule has 0 radical (unpaired) electrons. The van der Waals surface area contributed by atoms with Crippen LogP contribution in [0.4, 0.5) is 4.79 Å². The monoisotopic (exact) mass is 388 g/mol. The third kappa shape index (κ3) is 6.34. The number of amides is 2. The van der Waals surface area contributed by atoms with Gasteiger partial charge >= 0.3 is 6.09 Å². The van der Waals surface area contributed by atoms with E-state index in [4.69, 9.17) is 4.74 Å². The molecule has 7 heteroatoms. The van der Waals surface area contributed by atoms with Gasteiger partial charge in [0.05, 0.1) is 6.61 Å². The van der Waals surface area contributed by atoms with E-state index in [1.165, 1.54) is 0 Å². The summed E-state index contributed by atoms with van der Waals surface area (Å²) in [6, 6.07) is -0.118.